The fraction of sp³-hybridized carbons (Fsp3) is 0.789. The largest absolute Gasteiger partial charge is 0.462 e. The smallest absolute Gasteiger partial charge is 0.306 e. The van der Waals surface area contributed by atoms with E-state index in [1.165, 1.54) is 212 Å². The van der Waals surface area contributed by atoms with Crippen LogP contribution in [0.15, 0.2) is 72.9 Å². The Kier molecular flexibility index (Phi) is 62.7. The number of rotatable bonds is 61. The first-order chi connectivity index (χ1) is 38.0. The monoisotopic (exact) mass is 1070 g/mol. The third kappa shape index (κ3) is 63.6. The molecule has 0 radical (unpaired) electrons. The molecule has 0 fully saturated rings. The van der Waals surface area contributed by atoms with Crippen molar-refractivity contribution in [2.45, 2.75) is 348 Å². The number of esters is 3. The van der Waals surface area contributed by atoms with E-state index in [4.69, 9.17) is 14.2 Å². The maximum atomic E-state index is 12.9. The van der Waals surface area contributed by atoms with Crippen molar-refractivity contribution in [3.63, 3.8) is 0 Å². The van der Waals surface area contributed by atoms with Gasteiger partial charge >= 0.3 is 17.9 Å². The van der Waals surface area contributed by atoms with Gasteiger partial charge in [-0.25, -0.2) is 0 Å². The van der Waals surface area contributed by atoms with Crippen molar-refractivity contribution >= 4 is 17.9 Å². The summed E-state index contributed by atoms with van der Waals surface area (Å²) in [6, 6.07) is 0. The van der Waals surface area contributed by atoms with Gasteiger partial charge in [0.05, 0.1) is 0 Å². The molecule has 1 unspecified atom stereocenters. The van der Waals surface area contributed by atoms with E-state index in [-0.39, 0.29) is 37.5 Å². The quantitative estimate of drug-likeness (QED) is 0.0261. The number of carbonyl (C=O) groups is 3. The summed E-state index contributed by atoms with van der Waals surface area (Å²) in [5, 5.41) is 0. The van der Waals surface area contributed by atoms with Crippen LogP contribution in [0.25, 0.3) is 0 Å². The van der Waals surface area contributed by atoms with Gasteiger partial charge in [-0.05, 0) is 89.9 Å². The third-order valence-electron chi connectivity index (χ3n) is 14.7. The van der Waals surface area contributed by atoms with Gasteiger partial charge in [-0.3, -0.25) is 14.4 Å². The van der Waals surface area contributed by atoms with Gasteiger partial charge in [0, 0.05) is 19.3 Å². The van der Waals surface area contributed by atoms with E-state index in [0.29, 0.717) is 19.3 Å². The fourth-order valence-corrected chi connectivity index (χ4v) is 9.70. The van der Waals surface area contributed by atoms with Crippen molar-refractivity contribution in [2.75, 3.05) is 13.2 Å². The summed E-state index contributed by atoms with van der Waals surface area (Å²) >= 11 is 0. The molecule has 77 heavy (non-hydrogen) atoms. The molecular formula is C71H126O6. The SMILES string of the molecule is CC/C=C\C/C=C\C/C=C\C/C=C\CCCCC(=O)OC(COC(=O)CCCCCCCCCCCCCCCCC)COC(=O)CCCCCCCCCCCCCCCCCCC/C=C\C/C=C\CCCCCCC. The highest BCUT2D eigenvalue weighted by molar-refractivity contribution is 5.71. The van der Waals surface area contributed by atoms with Gasteiger partial charge < -0.3 is 14.2 Å². The van der Waals surface area contributed by atoms with Crippen LogP contribution in [0.4, 0.5) is 0 Å². The van der Waals surface area contributed by atoms with Gasteiger partial charge in [0.1, 0.15) is 13.2 Å². The molecule has 6 nitrogen and oxygen atoms in total. The second kappa shape index (κ2) is 65.4. The summed E-state index contributed by atoms with van der Waals surface area (Å²) in [5.41, 5.74) is 0. The molecule has 0 saturated carbocycles. The lowest BCUT2D eigenvalue weighted by Gasteiger charge is -2.18. The first-order valence-electron chi connectivity index (χ1n) is 33.4. The van der Waals surface area contributed by atoms with Crippen LogP contribution in [0, 0.1) is 0 Å². The van der Waals surface area contributed by atoms with Crippen LogP contribution in [0.3, 0.4) is 0 Å². The molecule has 0 saturated heterocycles. The zero-order valence-corrected chi connectivity index (χ0v) is 51.2. The Labute approximate surface area is 478 Å². The Bertz CT molecular complexity index is 1420. The van der Waals surface area contributed by atoms with Crippen molar-refractivity contribution in [3.05, 3.63) is 72.9 Å². The van der Waals surface area contributed by atoms with Gasteiger partial charge in [-0.1, -0.05) is 306 Å². The molecule has 0 aliphatic rings. The van der Waals surface area contributed by atoms with Crippen LogP contribution in [-0.2, 0) is 28.6 Å². The molecule has 0 aliphatic heterocycles. The second-order valence-corrected chi connectivity index (χ2v) is 22.4. The lowest BCUT2D eigenvalue weighted by Crippen LogP contribution is -2.30. The molecule has 446 valence electrons. The molecule has 0 N–H and O–H groups in total. The first-order valence-corrected chi connectivity index (χ1v) is 33.4. The minimum absolute atomic E-state index is 0.0879. The van der Waals surface area contributed by atoms with Crippen LogP contribution in [0.2, 0.25) is 0 Å². The third-order valence-corrected chi connectivity index (χ3v) is 14.7. The van der Waals surface area contributed by atoms with Crippen LogP contribution < -0.4 is 0 Å². The van der Waals surface area contributed by atoms with Crippen molar-refractivity contribution in [3.8, 4) is 0 Å². The molecule has 0 bridgehead atoms. The predicted molar refractivity (Wildman–Crippen MR) is 335 cm³/mol. The molecule has 0 heterocycles. The fourth-order valence-electron chi connectivity index (χ4n) is 9.70. The number of allylic oxidation sites excluding steroid dienone is 12. The molecule has 0 aliphatic carbocycles. The maximum absolute atomic E-state index is 12.9. The Morgan fingerprint density at radius 1 is 0.273 bits per heavy atom. The highest BCUT2D eigenvalue weighted by Crippen LogP contribution is 2.17. The Balaban J connectivity index is 4.23. The molecule has 0 spiro atoms. The summed E-state index contributed by atoms with van der Waals surface area (Å²) in [6.07, 6.45) is 85.0. The summed E-state index contributed by atoms with van der Waals surface area (Å²) in [6.45, 7) is 6.53. The van der Waals surface area contributed by atoms with E-state index in [1.54, 1.807) is 0 Å². The van der Waals surface area contributed by atoms with Gasteiger partial charge in [0.15, 0.2) is 6.10 Å². The number of ether oxygens (including phenoxy) is 3. The van der Waals surface area contributed by atoms with Gasteiger partial charge in [0.25, 0.3) is 0 Å². The summed E-state index contributed by atoms with van der Waals surface area (Å²) in [7, 11) is 0. The van der Waals surface area contributed by atoms with Crippen LogP contribution in [0.5, 0.6) is 0 Å². The van der Waals surface area contributed by atoms with Crippen molar-refractivity contribution in [1.82, 2.24) is 0 Å². The highest BCUT2D eigenvalue weighted by Gasteiger charge is 2.19. The minimum Gasteiger partial charge on any atom is -0.462 e. The average Bonchev–Trinajstić information content (AvgIpc) is 3.43. The second-order valence-electron chi connectivity index (χ2n) is 22.4. The van der Waals surface area contributed by atoms with Gasteiger partial charge in [-0.2, -0.15) is 0 Å². The first kappa shape index (κ1) is 73.8. The standard InChI is InChI=1S/C71H126O6/c1-4-7-10-13-16-19-22-25-28-29-30-31-32-33-34-35-36-37-38-39-40-41-44-46-49-52-55-58-61-64-70(73)76-67-68(77-71(74)65-62-59-56-53-50-47-43-27-24-21-18-15-12-9-6-3)66-75-69(72)63-60-57-54-51-48-45-42-26-23-20-17-14-11-8-5-2/h9,12,18,21-22,25,27,29-30,43,50,53,68H,4-8,10-11,13-17,19-20,23-24,26,28,31-42,44-49,51-52,54-67H2,1-3H3/b12-9-,21-18-,25-22-,30-29-,43-27-,53-50-. The number of carbonyl (C=O) groups excluding carboxylic acids is 3. The molecule has 0 aromatic heterocycles. The van der Waals surface area contributed by atoms with Crippen molar-refractivity contribution < 1.29 is 28.6 Å². The van der Waals surface area contributed by atoms with E-state index in [0.717, 1.165) is 83.5 Å². The van der Waals surface area contributed by atoms with Crippen LogP contribution >= 0.6 is 0 Å². The van der Waals surface area contributed by atoms with Crippen molar-refractivity contribution in [1.29, 1.82) is 0 Å². The minimum atomic E-state index is -0.795. The van der Waals surface area contributed by atoms with E-state index in [2.05, 4.69) is 93.7 Å². The Morgan fingerprint density at radius 2 is 0.506 bits per heavy atom. The summed E-state index contributed by atoms with van der Waals surface area (Å²) < 4.78 is 16.9. The zero-order chi connectivity index (χ0) is 55.7. The average molecular weight is 1080 g/mol. The number of hydrogen-bond acceptors (Lipinski definition) is 6. The zero-order valence-electron chi connectivity index (χ0n) is 51.2. The molecule has 0 aromatic rings. The lowest BCUT2D eigenvalue weighted by atomic mass is 10.0. The van der Waals surface area contributed by atoms with Gasteiger partial charge in [-0.15, -0.1) is 0 Å². The molecule has 0 rings (SSSR count). The van der Waals surface area contributed by atoms with Crippen LogP contribution in [0.1, 0.15) is 342 Å². The molecular weight excluding hydrogens is 949 g/mol. The van der Waals surface area contributed by atoms with E-state index >= 15 is 0 Å². The van der Waals surface area contributed by atoms with E-state index in [9.17, 15) is 14.4 Å². The topological polar surface area (TPSA) is 78.9 Å². The lowest BCUT2D eigenvalue weighted by molar-refractivity contribution is -0.167. The van der Waals surface area contributed by atoms with E-state index < -0.39 is 6.10 Å². The number of hydrogen-bond donors (Lipinski definition) is 0. The molecule has 1 atom stereocenters. The normalized spacial score (nSPS) is 12.5. The van der Waals surface area contributed by atoms with Gasteiger partial charge in [0.2, 0.25) is 0 Å². The Hall–Kier alpha value is -3.15. The highest BCUT2D eigenvalue weighted by atomic mass is 16.6. The Morgan fingerprint density at radius 3 is 0.818 bits per heavy atom. The van der Waals surface area contributed by atoms with E-state index in [1.807, 2.05) is 0 Å². The molecule has 6 heteroatoms. The summed E-state index contributed by atoms with van der Waals surface area (Å²) in [4.78, 5) is 38.3. The summed E-state index contributed by atoms with van der Waals surface area (Å²) in [5.74, 6) is -0.912. The van der Waals surface area contributed by atoms with Crippen molar-refractivity contribution in [2.24, 2.45) is 0 Å². The number of unbranched alkanes of at least 4 members (excludes halogenated alkanes) is 38. The predicted octanol–water partition coefficient (Wildman–Crippen LogP) is 22.9. The van der Waals surface area contributed by atoms with Crippen LogP contribution in [-0.4, -0.2) is 37.2 Å². The molecule has 0 aromatic carbocycles. The maximum Gasteiger partial charge on any atom is 0.306 e. The molecule has 0 amide bonds.